The number of para-hydroxylation sites is 2. The Balaban J connectivity index is 1.54. The number of alkyl carbamates (subject to hydrolysis) is 1. The largest absolute Gasteiger partial charge is 0.453 e. The van der Waals surface area contributed by atoms with E-state index in [2.05, 4.69) is 29.9 Å². The number of nitrogens with zero attached hydrogens (tertiary/aromatic N) is 3. The van der Waals surface area contributed by atoms with E-state index in [9.17, 15) is 9.18 Å². The molecule has 1 aliphatic rings. The number of ether oxygens (including phenoxy) is 1. The first-order chi connectivity index (χ1) is 13.1. The van der Waals surface area contributed by atoms with Crippen molar-refractivity contribution < 1.29 is 13.9 Å². The second-order valence-electron chi connectivity index (χ2n) is 6.52. The summed E-state index contributed by atoms with van der Waals surface area (Å²) in [4.78, 5) is 25.3. The summed E-state index contributed by atoms with van der Waals surface area (Å²) in [6, 6.07) is 9.39. The molecule has 0 aliphatic carbocycles. The number of fused-ring (bicyclic) bond motifs is 1. The maximum absolute atomic E-state index is 14.4. The predicted octanol–water partition coefficient (Wildman–Crippen LogP) is 3.09. The molecule has 1 saturated heterocycles. The molecule has 0 spiro atoms. The van der Waals surface area contributed by atoms with Crippen LogP contribution in [-0.2, 0) is 4.74 Å². The van der Waals surface area contributed by atoms with Crippen LogP contribution in [0.4, 0.5) is 15.0 Å². The predicted molar refractivity (Wildman–Crippen MR) is 100 cm³/mol. The number of halogens is 1. The molecule has 2 aromatic heterocycles. The van der Waals surface area contributed by atoms with Crippen LogP contribution in [0.15, 0.2) is 36.5 Å². The average molecular weight is 369 g/mol. The molecule has 1 amide bonds. The molecule has 1 aliphatic heterocycles. The van der Waals surface area contributed by atoms with Crippen LogP contribution in [0.2, 0.25) is 0 Å². The lowest BCUT2D eigenvalue weighted by atomic mass is 10.1. The molecule has 4 rings (SSSR count). The standard InChI is InChI=1S/C19H20FN5O2/c1-27-19(26)22-12-6-8-25(9-7-12)17-10-13(14(20)11-21-17)18-23-15-4-2-3-5-16(15)24-18/h2-5,10-12H,6-9H2,1H3,(H,22,26)(H,23,24). The number of benzene rings is 1. The molecule has 1 aromatic carbocycles. The molecule has 8 heteroatoms. The minimum Gasteiger partial charge on any atom is -0.453 e. The van der Waals surface area contributed by atoms with Crippen LogP contribution in [0.1, 0.15) is 12.8 Å². The summed E-state index contributed by atoms with van der Waals surface area (Å²) in [5.74, 6) is 0.767. The normalized spacial score (nSPS) is 15.1. The molecule has 1 fully saturated rings. The highest BCUT2D eigenvalue weighted by Crippen LogP contribution is 2.27. The minimum atomic E-state index is -0.417. The van der Waals surface area contributed by atoms with Gasteiger partial charge in [-0.3, -0.25) is 0 Å². The van der Waals surface area contributed by atoms with Crippen LogP contribution < -0.4 is 10.2 Å². The van der Waals surface area contributed by atoms with E-state index in [0.29, 0.717) is 30.3 Å². The smallest absolute Gasteiger partial charge is 0.407 e. The van der Waals surface area contributed by atoms with Crippen molar-refractivity contribution in [1.82, 2.24) is 20.3 Å². The van der Waals surface area contributed by atoms with Crippen molar-refractivity contribution in [3.05, 3.63) is 42.3 Å². The van der Waals surface area contributed by atoms with Crippen molar-refractivity contribution in [2.75, 3.05) is 25.1 Å². The lowest BCUT2D eigenvalue weighted by molar-refractivity contribution is 0.164. The number of methoxy groups -OCH3 is 1. The Hall–Kier alpha value is -3.16. The van der Waals surface area contributed by atoms with Gasteiger partial charge in [-0.15, -0.1) is 0 Å². The molecular weight excluding hydrogens is 349 g/mol. The van der Waals surface area contributed by atoms with Crippen molar-refractivity contribution in [1.29, 1.82) is 0 Å². The lowest BCUT2D eigenvalue weighted by Gasteiger charge is -2.33. The van der Waals surface area contributed by atoms with Crippen LogP contribution >= 0.6 is 0 Å². The van der Waals surface area contributed by atoms with Gasteiger partial charge < -0.3 is 19.9 Å². The highest BCUT2D eigenvalue weighted by Gasteiger charge is 2.23. The number of amides is 1. The summed E-state index contributed by atoms with van der Waals surface area (Å²) in [7, 11) is 1.35. The number of imidazole rings is 1. The number of hydrogen-bond donors (Lipinski definition) is 2. The summed E-state index contributed by atoms with van der Waals surface area (Å²) in [6.45, 7) is 1.43. The average Bonchev–Trinajstić information content (AvgIpc) is 3.13. The number of aromatic nitrogens is 3. The minimum absolute atomic E-state index is 0.0731. The Labute approximate surface area is 155 Å². The molecule has 0 radical (unpaired) electrons. The van der Waals surface area contributed by atoms with Gasteiger partial charge in [0.15, 0.2) is 5.82 Å². The maximum Gasteiger partial charge on any atom is 0.407 e. The Morgan fingerprint density at radius 2 is 2.11 bits per heavy atom. The molecule has 0 bridgehead atoms. The van der Waals surface area contributed by atoms with Gasteiger partial charge in [0, 0.05) is 19.1 Å². The Morgan fingerprint density at radius 3 is 2.85 bits per heavy atom. The van der Waals surface area contributed by atoms with E-state index >= 15 is 0 Å². The summed E-state index contributed by atoms with van der Waals surface area (Å²) in [6.07, 6.45) is 2.36. The number of carbonyl (C=O) groups is 1. The zero-order valence-corrected chi connectivity index (χ0v) is 14.9. The van der Waals surface area contributed by atoms with E-state index in [1.54, 1.807) is 6.07 Å². The van der Waals surface area contributed by atoms with E-state index in [0.717, 1.165) is 23.9 Å². The van der Waals surface area contributed by atoms with Crippen molar-refractivity contribution in [3.8, 4) is 11.4 Å². The Morgan fingerprint density at radius 1 is 1.33 bits per heavy atom. The van der Waals surface area contributed by atoms with E-state index in [1.165, 1.54) is 13.3 Å². The van der Waals surface area contributed by atoms with Gasteiger partial charge in [-0.05, 0) is 31.0 Å². The van der Waals surface area contributed by atoms with Gasteiger partial charge >= 0.3 is 6.09 Å². The fourth-order valence-corrected chi connectivity index (χ4v) is 3.34. The summed E-state index contributed by atoms with van der Waals surface area (Å²) in [5, 5.41) is 2.82. The molecule has 140 valence electrons. The zero-order valence-electron chi connectivity index (χ0n) is 14.9. The van der Waals surface area contributed by atoms with Gasteiger partial charge in [0.05, 0.1) is 29.9 Å². The van der Waals surface area contributed by atoms with Crippen LogP contribution in [0.3, 0.4) is 0 Å². The first kappa shape index (κ1) is 17.3. The molecule has 3 aromatic rings. The number of H-pyrrole nitrogens is 1. The molecular formula is C19H20FN5O2. The molecule has 7 nitrogen and oxygen atoms in total. The molecule has 0 unspecified atom stereocenters. The number of rotatable bonds is 3. The van der Waals surface area contributed by atoms with Crippen molar-refractivity contribution in [2.24, 2.45) is 0 Å². The van der Waals surface area contributed by atoms with Crippen molar-refractivity contribution in [2.45, 2.75) is 18.9 Å². The first-order valence-corrected chi connectivity index (χ1v) is 8.84. The third-order valence-corrected chi connectivity index (χ3v) is 4.81. The van der Waals surface area contributed by atoms with E-state index in [4.69, 9.17) is 0 Å². The van der Waals surface area contributed by atoms with Gasteiger partial charge in [0.1, 0.15) is 11.6 Å². The fraction of sp³-hybridized carbons (Fsp3) is 0.316. The number of carbonyl (C=O) groups excluding carboxylic acids is 1. The highest BCUT2D eigenvalue weighted by atomic mass is 19.1. The van der Waals surface area contributed by atoms with Crippen LogP contribution in [-0.4, -0.2) is 47.3 Å². The Kier molecular flexibility index (Phi) is 4.62. The van der Waals surface area contributed by atoms with Gasteiger partial charge in [0.25, 0.3) is 0 Å². The number of piperidine rings is 1. The number of nitrogens with one attached hydrogen (secondary N) is 2. The quantitative estimate of drug-likeness (QED) is 0.741. The third kappa shape index (κ3) is 3.55. The molecule has 0 saturated carbocycles. The number of hydrogen-bond acceptors (Lipinski definition) is 5. The van der Waals surface area contributed by atoms with Crippen LogP contribution in [0, 0.1) is 5.82 Å². The second kappa shape index (κ2) is 7.22. The van der Waals surface area contributed by atoms with Gasteiger partial charge in [-0.25, -0.2) is 19.2 Å². The van der Waals surface area contributed by atoms with Crippen molar-refractivity contribution >= 4 is 22.9 Å². The monoisotopic (exact) mass is 369 g/mol. The number of aromatic amines is 1. The van der Waals surface area contributed by atoms with E-state index < -0.39 is 11.9 Å². The molecule has 2 N–H and O–H groups in total. The number of pyridine rings is 1. The van der Waals surface area contributed by atoms with E-state index in [-0.39, 0.29) is 6.04 Å². The van der Waals surface area contributed by atoms with Crippen molar-refractivity contribution in [3.63, 3.8) is 0 Å². The zero-order chi connectivity index (χ0) is 18.8. The number of anilines is 1. The van der Waals surface area contributed by atoms with Gasteiger partial charge in [-0.2, -0.15) is 0 Å². The van der Waals surface area contributed by atoms with Gasteiger partial charge in [-0.1, -0.05) is 12.1 Å². The van der Waals surface area contributed by atoms with Crippen LogP contribution in [0.5, 0.6) is 0 Å². The van der Waals surface area contributed by atoms with Gasteiger partial charge in [0.2, 0.25) is 0 Å². The Bertz CT molecular complexity index is 933. The first-order valence-electron chi connectivity index (χ1n) is 8.84. The third-order valence-electron chi connectivity index (χ3n) is 4.81. The SMILES string of the molecule is COC(=O)NC1CCN(c2cc(-c3nc4ccccc4[nH]3)c(F)cn2)CC1. The molecule has 27 heavy (non-hydrogen) atoms. The van der Waals surface area contributed by atoms with E-state index in [1.807, 2.05) is 24.3 Å². The second-order valence-corrected chi connectivity index (χ2v) is 6.52. The summed E-state index contributed by atoms with van der Waals surface area (Å²) in [5.41, 5.74) is 2.05. The molecule has 3 heterocycles. The highest BCUT2D eigenvalue weighted by molar-refractivity contribution is 5.79. The van der Waals surface area contributed by atoms with Crippen LogP contribution in [0.25, 0.3) is 22.4 Å². The maximum atomic E-state index is 14.4. The topological polar surface area (TPSA) is 83.1 Å². The fourth-order valence-electron chi connectivity index (χ4n) is 3.34. The summed E-state index contributed by atoms with van der Waals surface area (Å²) < 4.78 is 19.0. The lowest BCUT2D eigenvalue weighted by Crippen LogP contribution is -2.44. The summed E-state index contributed by atoms with van der Waals surface area (Å²) >= 11 is 0. The molecule has 0 atom stereocenters.